The molecule has 140 valence electrons. The summed E-state index contributed by atoms with van der Waals surface area (Å²) in [6.07, 6.45) is 0.638. The molecule has 6 nitrogen and oxygen atoms in total. The summed E-state index contributed by atoms with van der Waals surface area (Å²) in [5.74, 6) is 0.373. The van der Waals surface area contributed by atoms with E-state index in [0.29, 0.717) is 23.6 Å². The lowest BCUT2D eigenvalue weighted by Crippen LogP contribution is -2.37. The Bertz CT molecular complexity index is 867. The van der Waals surface area contributed by atoms with E-state index in [1.807, 2.05) is 24.3 Å². The molecule has 26 heavy (non-hydrogen) atoms. The van der Waals surface area contributed by atoms with Gasteiger partial charge in [-0.15, -0.1) is 0 Å². The third kappa shape index (κ3) is 5.72. The van der Waals surface area contributed by atoms with Crippen molar-refractivity contribution in [2.24, 2.45) is 0 Å². The Labute approximate surface area is 158 Å². The molecule has 0 spiro atoms. The normalized spacial score (nSPS) is 11.2. The lowest BCUT2D eigenvalue weighted by molar-refractivity contribution is -0.119. The smallest absolute Gasteiger partial charge is 0.241 e. The fourth-order valence-electron chi connectivity index (χ4n) is 2.23. The Morgan fingerprint density at radius 1 is 1.15 bits per heavy atom. The highest BCUT2D eigenvalue weighted by Gasteiger charge is 2.16. The van der Waals surface area contributed by atoms with Crippen molar-refractivity contribution in [3.8, 4) is 5.75 Å². The van der Waals surface area contributed by atoms with Gasteiger partial charge in [0.25, 0.3) is 0 Å². The largest absolute Gasteiger partial charge is 0.497 e. The van der Waals surface area contributed by atoms with Crippen LogP contribution in [-0.2, 0) is 21.2 Å². The van der Waals surface area contributed by atoms with E-state index in [4.69, 9.17) is 16.3 Å². The molecular formula is C18H21ClN2O4S. The zero-order valence-electron chi connectivity index (χ0n) is 14.6. The number of rotatable bonds is 8. The van der Waals surface area contributed by atoms with Crippen molar-refractivity contribution in [2.75, 3.05) is 20.2 Å². The van der Waals surface area contributed by atoms with Gasteiger partial charge in [0, 0.05) is 11.6 Å². The van der Waals surface area contributed by atoms with Crippen LogP contribution >= 0.6 is 11.6 Å². The summed E-state index contributed by atoms with van der Waals surface area (Å²) >= 11 is 5.90. The minimum Gasteiger partial charge on any atom is -0.497 e. The second-order valence-corrected chi connectivity index (χ2v) is 7.86. The minimum absolute atomic E-state index is 0.0745. The SMILES string of the molecule is COc1ccc(CCNC(=O)CNS(=O)(=O)c2ccc(Cl)c(C)c2)cc1. The molecule has 2 aromatic carbocycles. The monoisotopic (exact) mass is 396 g/mol. The zero-order chi connectivity index (χ0) is 19.2. The van der Waals surface area contributed by atoms with Gasteiger partial charge in [-0.05, 0) is 54.8 Å². The highest BCUT2D eigenvalue weighted by atomic mass is 35.5. The first kappa shape index (κ1) is 20.2. The van der Waals surface area contributed by atoms with Crippen LogP contribution in [0.2, 0.25) is 5.02 Å². The molecule has 2 N–H and O–H groups in total. The molecule has 0 aliphatic carbocycles. The Balaban J connectivity index is 1.80. The van der Waals surface area contributed by atoms with Crippen LogP contribution in [-0.4, -0.2) is 34.5 Å². The van der Waals surface area contributed by atoms with Gasteiger partial charge in [0.1, 0.15) is 5.75 Å². The van der Waals surface area contributed by atoms with Gasteiger partial charge < -0.3 is 10.1 Å². The van der Waals surface area contributed by atoms with Gasteiger partial charge in [-0.3, -0.25) is 4.79 Å². The average molecular weight is 397 g/mol. The first-order chi connectivity index (χ1) is 12.3. The van der Waals surface area contributed by atoms with Gasteiger partial charge >= 0.3 is 0 Å². The van der Waals surface area contributed by atoms with Crippen LogP contribution in [0.4, 0.5) is 0 Å². The molecule has 0 saturated carbocycles. The van der Waals surface area contributed by atoms with Crippen LogP contribution in [0.3, 0.4) is 0 Å². The highest BCUT2D eigenvalue weighted by Crippen LogP contribution is 2.19. The summed E-state index contributed by atoms with van der Waals surface area (Å²) in [7, 11) is -2.16. The molecule has 0 atom stereocenters. The zero-order valence-corrected chi connectivity index (χ0v) is 16.2. The van der Waals surface area contributed by atoms with E-state index in [1.165, 1.54) is 18.2 Å². The van der Waals surface area contributed by atoms with Gasteiger partial charge in [0.15, 0.2) is 0 Å². The van der Waals surface area contributed by atoms with Crippen molar-refractivity contribution in [1.29, 1.82) is 0 Å². The molecule has 0 bridgehead atoms. The van der Waals surface area contributed by atoms with Crippen LogP contribution in [0.5, 0.6) is 5.75 Å². The molecule has 0 unspecified atom stereocenters. The van der Waals surface area contributed by atoms with Crippen LogP contribution in [0, 0.1) is 6.92 Å². The van der Waals surface area contributed by atoms with Crippen LogP contribution < -0.4 is 14.8 Å². The Kier molecular flexibility index (Phi) is 7.02. The minimum atomic E-state index is -3.76. The molecule has 0 heterocycles. The summed E-state index contributed by atoms with van der Waals surface area (Å²) in [5.41, 5.74) is 1.70. The molecule has 0 radical (unpaired) electrons. The van der Waals surface area contributed by atoms with E-state index < -0.39 is 15.9 Å². The van der Waals surface area contributed by atoms with Gasteiger partial charge in [0.05, 0.1) is 18.6 Å². The van der Waals surface area contributed by atoms with Crippen molar-refractivity contribution in [3.63, 3.8) is 0 Å². The number of hydrogen-bond acceptors (Lipinski definition) is 4. The van der Waals surface area contributed by atoms with Crippen molar-refractivity contribution >= 4 is 27.5 Å². The number of sulfonamides is 1. The molecular weight excluding hydrogens is 376 g/mol. The molecule has 1 amide bonds. The summed E-state index contributed by atoms with van der Waals surface area (Å²) in [4.78, 5) is 11.9. The van der Waals surface area contributed by atoms with Gasteiger partial charge in [-0.2, -0.15) is 0 Å². The van der Waals surface area contributed by atoms with Gasteiger partial charge in [-0.25, -0.2) is 13.1 Å². The number of halogens is 1. The maximum absolute atomic E-state index is 12.2. The van der Waals surface area contributed by atoms with Gasteiger partial charge in [0.2, 0.25) is 15.9 Å². The van der Waals surface area contributed by atoms with E-state index in [9.17, 15) is 13.2 Å². The summed E-state index contributed by atoms with van der Waals surface area (Å²) in [6.45, 7) is 1.80. The number of ether oxygens (including phenoxy) is 1. The van der Waals surface area contributed by atoms with E-state index >= 15 is 0 Å². The molecule has 0 saturated heterocycles. The van der Waals surface area contributed by atoms with Crippen molar-refractivity contribution in [3.05, 3.63) is 58.6 Å². The standard InChI is InChI=1S/C18H21ClN2O4S/c1-13-11-16(7-8-17(13)19)26(23,24)21-12-18(22)20-10-9-14-3-5-15(25-2)6-4-14/h3-8,11,21H,9-10,12H2,1-2H3,(H,20,22). The highest BCUT2D eigenvalue weighted by molar-refractivity contribution is 7.89. The second-order valence-electron chi connectivity index (χ2n) is 5.68. The molecule has 0 aliphatic heterocycles. The Morgan fingerprint density at radius 2 is 1.85 bits per heavy atom. The molecule has 0 aliphatic rings. The van der Waals surface area contributed by atoms with Crippen molar-refractivity contribution in [2.45, 2.75) is 18.2 Å². The van der Waals surface area contributed by atoms with E-state index in [0.717, 1.165) is 11.3 Å². The average Bonchev–Trinajstić information content (AvgIpc) is 2.63. The number of amides is 1. The number of aryl methyl sites for hydroxylation is 1. The maximum atomic E-state index is 12.2. The van der Waals surface area contributed by atoms with Crippen LogP contribution in [0.1, 0.15) is 11.1 Å². The fourth-order valence-corrected chi connectivity index (χ4v) is 3.41. The van der Waals surface area contributed by atoms with E-state index in [-0.39, 0.29) is 11.4 Å². The topological polar surface area (TPSA) is 84.5 Å². The number of carbonyl (C=O) groups excluding carboxylic acids is 1. The van der Waals surface area contributed by atoms with E-state index in [2.05, 4.69) is 10.0 Å². The molecule has 2 aromatic rings. The van der Waals surface area contributed by atoms with Crippen LogP contribution in [0.25, 0.3) is 0 Å². The number of nitrogens with one attached hydrogen (secondary N) is 2. The van der Waals surface area contributed by atoms with E-state index in [1.54, 1.807) is 14.0 Å². The Hall–Kier alpha value is -2.09. The number of carbonyl (C=O) groups is 1. The third-order valence-corrected chi connectivity index (χ3v) is 5.58. The Morgan fingerprint density at radius 3 is 2.46 bits per heavy atom. The summed E-state index contributed by atoms with van der Waals surface area (Å²) in [6, 6.07) is 11.9. The maximum Gasteiger partial charge on any atom is 0.241 e. The summed E-state index contributed by atoms with van der Waals surface area (Å²) in [5, 5.41) is 3.17. The molecule has 8 heteroatoms. The lowest BCUT2D eigenvalue weighted by atomic mass is 10.1. The third-order valence-electron chi connectivity index (χ3n) is 3.76. The summed E-state index contributed by atoms with van der Waals surface area (Å²) < 4.78 is 31.8. The van der Waals surface area contributed by atoms with Crippen molar-refractivity contribution < 1.29 is 17.9 Å². The second kappa shape index (κ2) is 9.02. The number of benzene rings is 2. The lowest BCUT2D eigenvalue weighted by Gasteiger charge is -2.09. The van der Waals surface area contributed by atoms with Crippen LogP contribution in [0.15, 0.2) is 47.4 Å². The van der Waals surface area contributed by atoms with Crippen molar-refractivity contribution in [1.82, 2.24) is 10.0 Å². The molecule has 2 rings (SSSR count). The van der Waals surface area contributed by atoms with Gasteiger partial charge in [-0.1, -0.05) is 23.7 Å². The first-order valence-electron chi connectivity index (χ1n) is 7.97. The molecule has 0 fully saturated rings. The fraction of sp³-hybridized carbons (Fsp3) is 0.278. The predicted molar refractivity (Wildman–Crippen MR) is 101 cm³/mol. The molecule has 0 aromatic heterocycles. The first-order valence-corrected chi connectivity index (χ1v) is 9.83. The number of hydrogen-bond donors (Lipinski definition) is 2. The number of methoxy groups -OCH3 is 1. The predicted octanol–water partition coefficient (Wildman–Crippen LogP) is 2.29. The quantitative estimate of drug-likeness (QED) is 0.717.